The molecule has 1 N–H and O–H groups in total. The van der Waals surface area contributed by atoms with E-state index in [1.807, 2.05) is 26.0 Å². The number of carbonyl (C=O) groups is 2. The Morgan fingerprint density at radius 1 is 1.03 bits per heavy atom. The first-order valence-corrected chi connectivity index (χ1v) is 11.0. The van der Waals surface area contributed by atoms with Crippen LogP contribution in [0.5, 0.6) is 5.75 Å². The van der Waals surface area contributed by atoms with Gasteiger partial charge < -0.3 is 29.0 Å². The minimum atomic E-state index is -0.980. The number of nitrogens with zero attached hydrogens (tertiary/aromatic N) is 1. The number of unbranched alkanes of at least 4 members (excludes halogenated alkanes) is 1. The lowest BCUT2D eigenvalue weighted by atomic mass is 10.1. The number of aliphatic carboxylic acids is 1. The van der Waals surface area contributed by atoms with E-state index in [0.29, 0.717) is 45.3 Å². The average molecular weight is 440 g/mol. The van der Waals surface area contributed by atoms with Gasteiger partial charge >= 0.3 is 12.1 Å². The molecule has 0 saturated carbocycles. The molecule has 0 aliphatic rings. The van der Waals surface area contributed by atoms with Gasteiger partial charge in [0, 0.05) is 19.6 Å². The normalized spacial score (nSPS) is 11.9. The molecule has 0 aromatic heterocycles. The van der Waals surface area contributed by atoms with E-state index in [0.717, 1.165) is 18.4 Å². The average Bonchev–Trinajstić information content (AvgIpc) is 2.72. The summed E-state index contributed by atoms with van der Waals surface area (Å²) in [6.45, 7) is 10.1. The molecule has 0 fully saturated rings. The van der Waals surface area contributed by atoms with Crippen molar-refractivity contribution in [1.82, 2.24) is 4.90 Å². The molecule has 1 amide bonds. The summed E-state index contributed by atoms with van der Waals surface area (Å²) in [5.41, 5.74) is 0.845. The number of carboxylic acids is 1. The zero-order valence-electron chi connectivity index (χ0n) is 19.2. The number of carbonyl (C=O) groups excluding carboxylic acids is 1. The van der Waals surface area contributed by atoms with E-state index >= 15 is 0 Å². The fourth-order valence-electron chi connectivity index (χ4n) is 2.76. The number of amides is 1. The van der Waals surface area contributed by atoms with Gasteiger partial charge in [-0.05, 0) is 44.9 Å². The van der Waals surface area contributed by atoms with E-state index < -0.39 is 12.1 Å². The van der Waals surface area contributed by atoms with Gasteiger partial charge in [0.05, 0.1) is 25.9 Å². The molecule has 0 spiro atoms. The highest BCUT2D eigenvalue weighted by Gasteiger charge is 2.20. The summed E-state index contributed by atoms with van der Waals surface area (Å²) in [6.07, 6.45) is 0.909. The van der Waals surface area contributed by atoms with Crippen LogP contribution in [0.2, 0.25) is 0 Å². The molecule has 8 heteroatoms. The molecule has 0 radical (unpaired) electrons. The Morgan fingerprint density at radius 2 is 1.71 bits per heavy atom. The van der Waals surface area contributed by atoms with Gasteiger partial charge in [-0.3, -0.25) is 0 Å². The van der Waals surface area contributed by atoms with Crippen molar-refractivity contribution in [3.05, 3.63) is 29.8 Å². The summed E-state index contributed by atoms with van der Waals surface area (Å²) in [4.78, 5) is 25.0. The Balaban J connectivity index is 2.51. The number of hydrogen-bond donors (Lipinski definition) is 1. The fourth-order valence-corrected chi connectivity index (χ4v) is 2.76. The third-order valence-corrected chi connectivity index (χ3v) is 4.36. The Labute approximate surface area is 185 Å². The van der Waals surface area contributed by atoms with Crippen molar-refractivity contribution in [2.24, 2.45) is 0 Å². The SMILES string of the molecule is CCCCOCCN(CCOc1ccc(CC(OC(C)C)C(=O)O)cc1)C(=O)OCC. The summed E-state index contributed by atoms with van der Waals surface area (Å²) in [5, 5.41) is 9.29. The van der Waals surface area contributed by atoms with Crippen molar-refractivity contribution in [3.63, 3.8) is 0 Å². The van der Waals surface area contributed by atoms with E-state index in [1.54, 1.807) is 24.0 Å². The maximum absolute atomic E-state index is 12.1. The quantitative estimate of drug-likeness (QED) is 0.392. The topological polar surface area (TPSA) is 94.5 Å². The number of carboxylic acid groups (broad SMARTS) is 1. The lowest BCUT2D eigenvalue weighted by molar-refractivity contribution is -0.153. The van der Waals surface area contributed by atoms with Crippen molar-refractivity contribution < 1.29 is 33.6 Å². The zero-order chi connectivity index (χ0) is 23.1. The first kappa shape index (κ1) is 26.7. The second kappa shape index (κ2) is 15.5. The molecule has 0 aliphatic heterocycles. The Morgan fingerprint density at radius 3 is 2.29 bits per heavy atom. The van der Waals surface area contributed by atoms with Crippen molar-refractivity contribution in [3.8, 4) is 5.75 Å². The van der Waals surface area contributed by atoms with Crippen molar-refractivity contribution in [2.75, 3.05) is 39.5 Å². The number of ether oxygens (including phenoxy) is 4. The van der Waals surface area contributed by atoms with Crippen LogP contribution in [0.25, 0.3) is 0 Å². The Kier molecular flexibility index (Phi) is 13.3. The maximum atomic E-state index is 12.1. The van der Waals surface area contributed by atoms with Crippen molar-refractivity contribution in [1.29, 1.82) is 0 Å². The van der Waals surface area contributed by atoms with E-state index in [9.17, 15) is 14.7 Å². The highest BCUT2D eigenvalue weighted by atomic mass is 16.6. The van der Waals surface area contributed by atoms with Crippen LogP contribution in [0, 0.1) is 0 Å². The van der Waals surface area contributed by atoms with Crippen LogP contribution < -0.4 is 4.74 Å². The summed E-state index contributed by atoms with van der Waals surface area (Å²) in [6, 6.07) is 7.21. The molecular formula is C23H37NO7. The lowest BCUT2D eigenvalue weighted by Crippen LogP contribution is -2.37. The zero-order valence-corrected chi connectivity index (χ0v) is 19.2. The number of hydrogen-bond acceptors (Lipinski definition) is 6. The van der Waals surface area contributed by atoms with Crippen LogP contribution in [0.15, 0.2) is 24.3 Å². The van der Waals surface area contributed by atoms with Gasteiger partial charge in [0.1, 0.15) is 12.4 Å². The third kappa shape index (κ3) is 11.6. The fraction of sp³-hybridized carbons (Fsp3) is 0.652. The third-order valence-electron chi connectivity index (χ3n) is 4.36. The molecule has 0 bridgehead atoms. The second-order valence-electron chi connectivity index (χ2n) is 7.36. The van der Waals surface area contributed by atoms with Gasteiger partial charge in [0.25, 0.3) is 0 Å². The molecule has 1 aromatic rings. The summed E-state index contributed by atoms with van der Waals surface area (Å²) in [5.74, 6) is -0.338. The minimum absolute atomic E-state index is 0.164. The Bertz CT molecular complexity index is 633. The van der Waals surface area contributed by atoms with Gasteiger partial charge in [-0.1, -0.05) is 25.5 Å². The molecular weight excluding hydrogens is 402 g/mol. The lowest BCUT2D eigenvalue weighted by Gasteiger charge is -2.22. The van der Waals surface area contributed by atoms with Crippen molar-refractivity contribution >= 4 is 12.1 Å². The molecule has 31 heavy (non-hydrogen) atoms. The molecule has 1 rings (SSSR count). The van der Waals surface area contributed by atoms with E-state index in [2.05, 4.69) is 6.92 Å². The van der Waals surface area contributed by atoms with Gasteiger partial charge in [0.15, 0.2) is 6.10 Å². The van der Waals surface area contributed by atoms with Crippen LogP contribution in [0.3, 0.4) is 0 Å². The highest BCUT2D eigenvalue weighted by molar-refractivity contribution is 5.72. The van der Waals surface area contributed by atoms with Crippen LogP contribution in [0.1, 0.15) is 46.1 Å². The predicted octanol–water partition coefficient (Wildman–Crippen LogP) is 3.76. The van der Waals surface area contributed by atoms with Crippen molar-refractivity contribution in [2.45, 2.75) is 59.2 Å². The van der Waals surface area contributed by atoms with Crippen LogP contribution in [-0.4, -0.2) is 73.8 Å². The molecule has 8 nitrogen and oxygen atoms in total. The van der Waals surface area contributed by atoms with Gasteiger partial charge in [-0.2, -0.15) is 0 Å². The van der Waals surface area contributed by atoms with E-state index in [4.69, 9.17) is 18.9 Å². The number of benzene rings is 1. The molecule has 1 atom stereocenters. The first-order valence-electron chi connectivity index (χ1n) is 11.0. The van der Waals surface area contributed by atoms with Gasteiger partial charge in [-0.15, -0.1) is 0 Å². The largest absolute Gasteiger partial charge is 0.492 e. The molecule has 0 saturated heterocycles. The van der Waals surface area contributed by atoms with Crippen LogP contribution >= 0.6 is 0 Å². The standard InChI is InChI=1S/C23H37NO7/c1-5-7-14-28-15-12-24(23(27)29-6-2)13-16-30-20-10-8-19(9-11-20)17-21(22(25)26)31-18(3)4/h8-11,18,21H,5-7,12-17H2,1-4H3,(H,25,26). The molecule has 1 aromatic carbocycles. The molecule has 176 valence electrons. The molecule has 0 aliphatic carbocycles. The van der Waals surface area contributed by atoms with Gasteiger partial charge in [-0.25, -0.2) is 9.59 Å². The predicted molar refractivity (Wildman–Crippen MR) is 118 cm³/mol. The number of rotatable bonds is 16. The molecule has 0 heterocycles. The smallest absolute Gasteiger partial charge is 0.409 e. The summed E-state index contributed by atoms with van der Waals surface area (Å²) in [7, 11) is 0. The first-order chi connectivity index (χ1) is 14.9. The summed E-state index contributed by atoms with van der Waals surface area (Å²) >= 11 is 0. The maximum Gasteiger partial charge on any atom is 0.409 e. The Hall–Kier alpha value is -2.32. The summed E-state index contributed by atoms with van der Waals surface area (Å²) < 4.78 is 21.8. The van der Waals surface area contributed by atoms with E-state index in [1.165, 1.54) is 0 Å². The van der Waals surface area contributed by atoms with Crippen LogP contribution in [0.4, 0.5) is 4.79 Å². The highest BCUT2D eigenvalue weighted by Crippen LogP contribution is 2.15. The minimum Gasteiger partial charge on any atom is -0.492 e. The molecule has 1 unspecified atom stereocenters. The van der Waals surface area contributed by atoms with Gasteiger partial charge in [0.2, 0.25) is 0 Å². The second-order valence-corrected chi connectivity index (χ2v) is 7.36. The monoisotopic (exact) mass is 439 g/mol. The van der Waals surface area contributed by atoms with E-state index in [-0.39, 0.29) is 18.6 Å². The van der Waals surface area contributed by atoms with Crippen LogP contribution in [-0.2, 0) is 25.4 Å².